The summed E-state index contributed by atoms with van der Waals surface area (Å²) in [4.78, 5) is 12.8. The maximum atomic E-state index is 11.2. The first kappa shape index (κ1) is 12.3. The number of nitrogens with zero attached hydrogens (tertiary/aromatic N) is 1. The van der Waals surface area contributed by atoms with Crippen molar-refractivity contribution in [2.75, 3.05) is 6.54 Å². The first-order valence-electron chi connectivity index (χ1n) is 5.58. The van der Waals surface area contributed by atoms with Crippen LogP contribution in [0.3, 0.4) is 0 Å². The van der Waals surface area contributed by atoms with E-state index in [9.17, 15) is 9.90 Å². The van der Waals surface area contributed by atoms with Gasteiger partial charge in [-0.15, -0.1) is 0 Å². The van der Waals surface area contributed by atoms with E-state index >= 15 is 0 Å². The molecule has 0 bridgehead atoms. The number of rotatable bonds is 1. The molecule has 1 rings (SSSR count). The molecule has 1 aliphatic heterocycles. The molecule has 0 aromatic heterocycles. The van der Waals surface area contributed by atoms with Crippen molar-refractivity contribution < 1.29 is 9.90 Å². The van der Waals surface area contributed by atoms with Crippen LogP contribution in [0.4, 0.5) is 4.79 Å². The van der Waals surface area contributed by atoms with Crippen molar-refractivity contribution in [3.63, 3.8) is 0 Å². The van der Waals surface area contributed by atoms with E-state index in [1.807, 2.05) is 20.8 Å². The molecule has 2 N–H and O–H groups in total. The molecule has 15 heavy (non-hydrogen) atoms. The second-order valence-electron chi connectivity index (χ2n) is 5.36. The van der Waals surface area contributed by atoms with Crippen LogP contribution < -0.4 is 5.32 Å². The fourth-order valence-electron chi connectivity index (χ4n) is 2.19. The molecule has 1 heterocycles. The van der Waals surface area contributed by atoms with Gasteiger partial charge in [-0.25, -0.2) is 4.79 Å². The Bertz CT molecular complexity index is 227. The lowest BCUT2D eigenvalue weighted by Gasteiger charge is -2.42. The summed E-state index contributed by atoms with van der Waals surface area (Å²) in [6.45, 7) is 8.74. The minimum Gasteiger partial charge on any atom is -0.465 e. The van der Waals surface area contributed by atoms with Crippen LogP contribution in [-0.2, 0) is 0 Å². The fourth-order valence-corrected chi connectivity index (χ4v) is 2.19. The summed E-state index contributed by atoms with van der Waals surface area (Å²) < 4.78 is 0. The van der Waals surface area contributed by atoms with Gasteiger partial charge in [-0.05, 0) is 40.5 Å². The van der Waals surface area contributed by atoms with Gasteiger partial charge in [-0.3, -0.25) is 4.90 Å². The van der Waals surface area contributed by atoms with E-state index < -0.39 is 6.09 Å². The number of carboxylic acid groups (broad SMARTS) is 1. The Labute approximate surface area is 91.6 Å². The quantitative estimate of drug-likeness (QED) is 0.701. The highest BCUT2D eigenvalue weighted by Gasteiger charge is 2.34. The van der Waals surface area contributed by atoms with Crippen molar-refractivity contribution in [3.8, 4) is 0 Å². The molecule has 1 fully saturated rings. The Hall–Kier alpha value is -0.770. The van der Waals surface area contributed by atoms with Gasteiger partial charge in [0, 0.05) is 24.2 Å². The molecule has 0 radical (unpaired) electrons. The van der Waals surface area contributed by atoms with Crippen LogP contribution in [0.15, 0.2) is 0 Å². The molecule has 88 valence electrons. The first-order chi connectivity index (χ1) is 6.82. The third-order valence-corrected chi connectivity index (χ3v) is 2.93. The minimum atomic E-state index is -0.816. The van der Waals surface area contributed by atoms with Gasteiger partial charge in [-0.1, -0.05) is 0 Å². The molecule has 1 amide bonds. The molecule has 1 aliphatic rings. The van der Waals surface area contributed by atoms with E-state index in [0.29, 0.717) is 6.04 Å². The average molecular weight is 214 g/mol. The van der Waals surface area contributed by atoms with Gasteiger partial charge in [0.1, 0.15) is 0 Å². The van der Waals surface area contributed by atoms with Crippen LogP contribution in [0.2, 0.25) is 0 Å². The summed E-state index contributed by atoms with van der Waals surface area (Å²) in [5.74, 6) is 0. The average Bonchev–Trinajstić information content (AvgIpc) is 2.05. The highest BCUT2D eigenvalue weighted by Crippen LogP contribution is 2.22. The molecule has 1 saturated heterocycles. The van der Waals surface area contributed by atoms with E-state index in [1.54, 1.807) is 4.90 Å². The molecule has 0 saturated carbocycles. The van der Waals surface area contributed by atoms with Crippen LogP contribution in [-0.4, -0.2) is 40.3 Å². The maximum Gasteiger partial charge on any atom is 0.408 e. The summed E-state index contributed by atoms with van der Waals surface area (Å²) in [5, 5.41) is 12.6. The molecular weight excluding hydrogens is 192 g/mol. The number of piperidine rings is 1. The van der Waals surface area contributed by atoms with E-state index in [-0.39, 0.29) is 11.6 Å². The summed E-state index contributed by atoms with van der Waals surface area (Å²) in [6.07, 6.45) is 1.19. The standard InChI is InChI=1S/C11H22N2O2/c1-8-5-6-9(7-12-8)13(10(14)15)11(2,3)4/h8-9,12H,5-7H2,1-4H3,(H,14,15)/t8-,9-/m1/s1. The Morgan fingerprint density at radius 3 is 2.33 bits per heavy atom. The Balaban J connectivity index is 2.69. The minimum absolute atomic E-state index is 0.110. The lowest BCUT2D eigenvalue weighted by Crippen LogP contribution is -2.57. The third kappa shape index (κ3) is 3.09. The van der Waals surface area contributed by atoms with Crippen molar-refractivity contribution in [3.05, 3.63) is 0 Å². The van der Waals surface area contributed by atoms with Crippen LogP contribution in [0.1, 0.15) is 40.5 Å². The lowest BCUT2D eigenvalue weighted by molar-refractivity contribution is 0.0577. The molecule has 0 aliphatic carbocycles. The molecule has 0 spiro atoms. The fraction of sp³-hybridized carbons (Fsp3) is 0.909. The Kier molecular flexibility index (Phi) is 3.60. The number of hydrogen-bond acceptors (Lipinski definition) is 2. The summed E-state index contributed by atoms with van der Waals surface area (Å²) in [7, 11) is 0. The second kappa shape index (κ2) is 4.39. The molecule has 4 heteroatoms. The van der Waals surface area contributed by atoms with Crippen molar-refractivity contribution in [2.45, 2.75) is 58.2 Å². The highest BCUT2D eigenvalue weighted by atomic mass is 16.4. The second-order valence-corrected chi connectivity index (χ2v) is 5.36. The van der Waals surface area contributed by atoms with Crippen molar-refractivity contribution in [1.82, 2.24) is 10.2 Å². The molecular formula is C11H22N2O2. The molecule has 0 aromatic carbocycles. The monoisotopic (exact) mass is 214 g/mol. The largest absolute Gasteiger partial charge is 0.465 e. The lowest BCUT2D eigenvalue weighted by atomic mass is 9.96. The van der Waals surface area contributed by atoms with Crippen LogP contribution in [0, 0.1) is 0 Å². The van der Waals surface area contributed by atoms with Gasteiger partial charge in [-0.2, -0.15) is 0 Å². The zero-order chi connectivity index (χ0) is 11.6. The first-order valence-corrected chi connectivity index (χ1v) is 5.58. The number of amides is 1. The maximum absolute atomic E-state index is 11.2. The number of hydrogen-bond donors (Lipinski definition) is 2. The van der Waals surface area contributed by atoms with Crippen LogP contribution >= 0.6 is 0 Å². The van der Waals surface area contributed by atoms with Crippen molar-refractivity contribution in [2.24, 2.45) is 0 Å². The Morgan fingerprint density at radius 2 is 2.00 bits per heavy atom. The van der Waals surface area contributed by atoms with Gasteiger partial charge in [0.2, 0.25) is 0 Å². The van der Waals surface area contributed by atoms with Gasteiger partial charge in [0.15, 0.2) is 0 Å². The molecule has 2 atom stereocenters. The van der Waals surface area contributed by atoms with E-state index in [2.05, 4.69) is 12.2 Å². The Morgan fingerprint density at radius 1 is 1.40 bits per heavy atom. The van der Waals surface area contributed by atoms with Crippen molar-refractivity contribution in [1.29, 1.82) is 0 Å². The summed E-state index contributed by atoms with van der Waals surface area (Å²) in [6, 6.07) is 0.621. The summed E-state index contributed by atoms with van der Waals surface area (Å²) in [5.41, 5.74) is -0.321. The zero-order valence-corrected chi connectivity index (χ0v) is 10.1. The predicted molar refractivity (Wildman–Crippen MR) is 60.1 cm³/mol. The van der Waals surface area contributed by atoms with Crippen molar-refractivity contribution >= 4 is 6.09 Å². The van der Waals surface area contributed by atoms with E-state index in [1.165, 1.54) is 0 Å². The predicted octanol–water partition coefficient (Wildman–Crippen LogP) is 1.91. The molecule has 0 aromatic rings. The highest BCUT2D eigenvalue weighted by molar-refractivity contribution is 5.66. The molecule has 4 nitrogen and oxygen atoms in total. The third-order valence-electron chi connectivity index (χ3n) is 2.93. The van der Waals surface area contributed by atoms with Gasteiger partial charge < -0.3 is 10.4 Å². The van der Waals surface area contributed by atoms with Gasteiger partial charge in [0.05, 0.1) is 0 Å². The topological polar surface area (TPSA) is 52.6 Å². The smallest absolute Gasteiger partial charge is 0.408 e. The van der Waals surface area contributed by atoms with Crippen LogP contribution in [0.5, 0.6) is 0 Å². The normalized spacial score (nSPS) is 27.5. The van der Waals surface area contributed by atoms with Crippen LogP contribution in [0.25, 0.3) is 0 Å². The zero-order valence-electron chi connectivity index (χ0n) is 10.1. The summed E-state index contributed by atoms with van der Waals surface area (Å²) >= 11 is 0. The van der Waals surface area contributed by atoms with E-state index in [4.69, 9.17) is 0 Å². The molecule has 0 unspecified atom stereocenters. The SMILES string of the molecule is C[C@@H]1CC[C@@H](N(C(=O)O)C(C)(C)C)CN1. The van der Waals surface area contributed by atoms with E-state index in [0.717, 1.165) is 19.4 Å². The van der Waals surface area contributed by atoms with Gasteiger partial charge in [0.25, 0.3) is 0 Å². The van der Waals surface area contributed by atoms with Gasteiger partial charge >= 0.3 is 6.09 Å². The number of nitrogens with one attached hydrogen (secondary N) is 1. The number of carbonyl (C=O) groups is 1.